The highest BCUT2D eigenvalue weighted by Crippen LogP contribution is 2.40. The van der Waals surface area contributed by atoms with Gasteiger partial charge in [-0.2, -0.15) is 0 Å². The summed E-state index contributed by atoms with van der Waals surface area (Å²) in [6, 6.07) is 16.9. The highest BCUT2D eigenvalue weighted by atomic mass is 15.0. The predicted molar refractivity (Wildman–Crippen MR) is 86.5 cm³/mol. The van der Waals surface area contributed by atoms with Crippen LogP contribution in [0.3, 0.4) is 0 Å². The molecule has 3 aromatic rings. The molecule has 1 saturated carbocycles. The molecule has 0 radical (unpaired) electrons. The molecule has 104 valence electrons. The summed E-state index contributed by atoms with van der Waals surface area (Å²) in [6.07, 6.45) is 2.49. The lowest BCUT2D eigenvalue weighted by atomic mass is 10.1. The van der Waals surface area contributed by atoms with Gasteiger partial charge in [-0.05, 0) is 29.7 Å². The first-order chi connectivity index (χ1) is 10.3. The van der Waals surface area contributed by atoms with Gasteiger partial charge in [0.2, 0.25) is 0 Å². The normalized spacial score (nSPS) is 14.3. The summed E-state index contributed by atoms with van der Waals surface area (Å²) in [6.45, 7) is 0. The molecule has 1 N–H and O–H groups in total. The molecule has 1 aromatic heterocycles. The summed E-state index contributed by atoms with van der Waals surface area (Å²) >= 11 is 0. The van der Waals surface area contributed by atoms with Gasteiger partial charge < -0.3 is 5.32 Å². The molecule has 1 fully saturated rings. The molecule has 1 aliphatic carbocycles. The van der Waals surface area contributed by atoms with Gasteiger partial charge in [0.15, 0.2) is 5.82 Å². The van der Waals surface area contributed by atoms with Gasteiger partial charge in [-0.15, -0.1) is 0 Å². The molecule has 0 unspecified atom stereocenters. The second-order valence-corrected chi connectivity index (χ2v) is 5.59. The summed E-state index contributed by atoms with van der Waals surface area (Å²) < 4.78 is 0. The van der Waals surface area contributed by atoms with E-state index in [1.807, 2.05) is 7.05 Å². The topological polar surface area (TPSA) is 37.8 Å². The van der Waals surface area contributed by atoms with Gasteiger partial charge in [0.1, 0.15) is 5.82 Å². The van der Waals surface area contributed by atoms with Crippen LogP contribution in [-0.4, -0.2) is 17.0 Å². The van der Waals surface area contributed by atoms with Gasteiger partial charge in [0, 0.05) is 30.3 Å². The Morgan fingerprint density at radius 2 is 1.76 bits per heavy atom. The van der Waals surface area contributed by atoms with Gasteiger partial charge in [-0.25, -0.2) is 9.97 Å². The molecule has 3 nitrogen and oxygen atoms in total. The highest BCUT2D eigenvalue weighted by molar-refractivity contribution is 5.86. The van der Waals surface area contributed by atoms with E-state index in [-0.39, 0.29) is 0 Å². The third kappa shape index (κ3) is 2.35. The number of hydrogen-bond donors (Lipinski definition) is 1. The summed E-state index contributed by atoms with van der Waals surface area (Å²) in [5, 5.41) is 5.61. The Bertz CT molecular complexity index is 806. The van der Waals surface area contributed by atoms with Crippen LogP contribution in [0.25, 0.3) is 22.2 Å². The first kappa shape index (κ1) is 12.3. The molecule has 0 saturated heterocycles. The van der Waals surface area contributed by atoms with Crippen molar-refractivity contribution in [1.29, 1.82) is 0 Å². The maximum atomic E-state index is 4.77. The summed E-state index contributed by atoms with van der Waals surface area (Å²) in [5.74, 6) is 2.34. The molecule has 3 heteroatoms. The zero-order chi connectivity index (χ0) is 14.2. The van der Waals surface area contributed by atoms with Crippen molar-refractivity contribution < 1.29 is 0 Å². The number of hydrogen-bond acceptors (Lipinski definition) is 3. The summed E-state index contributed by atoms with van der Waals surface area (Å²) in [5.41, 5.74) is 2.24. The number of anilines is 1. The Labute approximate surface area is 124 Å². The van der Waals surface area contributed by atoms with Gasteiger partial charge in [0.25, 0.3) is 0 Å². The Kier molecular flexibility index (Phi) is 2.85. The van der Waals surface area contributed by atoms with Crippen LogP contribution in [0.15, 0.2) is 48.5 Å². The van der Waals surface area contributed by atoms with Crippen molar-refractivity contribution in [3.8, 4) is 11.4 Å². The van der Waals surface area contributed by atoms with Crippen LogP contribution in [0.2, 0.25) is 0 Å². The van der Waals surface area contributed by atoms with Crippen LogP contribution in [0.4, 0.5) is 5.82 Å². The molecular formula is C18H17N3. The van der Waals surface area contributed by atoms with Crippen LogP contribution in [0.1, 0.15) is 24.5 Å². The van der Waals surface area contributed by atoms with Crippen LogP contribution in [0, 0.1) is 0 Å². The van der Waals surface area contributed by atoms with Crippen LogP contribution in [0.5, 0.6) is 0 Å². The highest BCUT2D eigenvalue weighted by Gasteiger charge is 2.26. The van der Waals surface area contributed by atoms with Gasteiger partial charge in [-0.3, -0.25) is 0 Å². The van der Waals surface area contributed by atoms with Gasteiger partial charge >= 0.3 is 0 Å². The maximum Gasteiger partial charge on any atom is 0.161 e. The third-order valence-corrected chi connectivity index (χ3v) is 4.01. The number of nitrogens with one attached hydrogen (secondary N) is 1. The first-order valence-electron chi connectivity index (χ1n) is 7.39. The third-order valence-electron chi connectivity index (χ3n) is 4.01. The second kappa shape index (κ2) is 4.85. The van der Waals surface area contributed by atoms with E-state index in [0.717, 1.165) is 22.9 Å². The Hall–Kier alpha value is -2.42. The van der Waals surface area contributed by atoms with E-state index < -0.39 is 0 Å². The van der Waals surface area contributed by atoms with Crippen molar-refractivity contribution >= 4 is 16.6 Å². The minimum absolute atomic E-state index is 0.624. The maximum absolute atomic E-state index is 4.77. The first-order valence-corrected chi connectivity index (χ1v) is 7.39. The Morgan fingerprint density at radius 1 is 0.952 bits per heavy atom. The molecule has 21 heavy (non-hydrogen) atoms. The van der Waals surface area contributed by atoms with Crippen molar-refractivity contribution in [3.63, 3.8) is 0 Å². The predicted octanol–water partition coefficient (Wildman–Crippen LogP) is 4.22. The zero-order valence-corrected chi connectivity index (χ0v) is 12.0. The number of rotatable bonds is 3. The largest absolute Gasteiger partial charge is 0.373 e. The Balaban J connectivity index is 1.84. The molecule has 0 atom stereocenters. The monoisotopic (exact) mass is 275 g/mol. The van der Waals surface area contributed by atoms with Gasteiger partial charge in [0.05, 0.1) is 0 Å². The molecule has 2 aromatic carbocycles. The van der Waals surface area contributed by atoms with Crippen molar-refractivity contribution in [3.05, 3.63) is 54.2 Å². The van der Waals surface area contributed by atoms with Crippen LogP contribution in [-0.2, 0) is 0 Å². The molecule has 0 aliphatic heterocycles. The minimum Gasteiger partial charge on any atom is -0.373 e. The molecule has 0 amide bonds. The Morgan fingerprint density at radius 3 is 2.52 bits per heavy atom. The van der Waals surface area contributed by atoms with Crippen LogP contribution < -0.4 is 5.32 Å². The summed E-state index contributed by atoms with van der Waals surface area (Å²) in [7, 11) is 1.91. The smallest absolute Gasteiger partial charge is 0.161 e. The van der Waals surface area contributed by atoms with E-state index in [4.69, 9.17) is 4.98 Å². The lowest BCUT2D eigenvalue weighted by Gasteiger charge is -2.08. The lowest BCUT2D eigenvalue weighted by Crippen LogP contribution is -2.00. The fourth-order valence-electron chi connectivity index (χ4n) is 2.64. The van der Waals surface area contributed by atoms with E-state index in [2.05, 4.69) is 58.8 Å². The summed E-state index contributed by atoms with van der Waals surface area (Å²) in [4.78, 5) is 9.39. The quantitative estimate of drug-likeness (QED) is 0.778. The van der Waals surface area contributed by atoms with Crippen LogP contribution >= 0.6 is 0 Å². The second-order valence-electron chi connectivity index (χ2n) is 5.59. The average Bonchev–Trinajstić information content (AvgIpc) is 3.39. The van der Waals surface area contributed by atoms with E-state index in [1.54, 1.807) is 0 Å². The van der Waals surface area contributed by atoms with Crippen molar-refractivity contribution in [1.82, 2.24) is 9.97 Å². The zero-order valence-electron chi connectivity index (χ0n) is 12.0. The van der Waals surface area contributed by atoms with E-state index >= 15 is 0 Å². The number of fused-ring (bicyclic) bond motifs is 1. The molecule has 1 heterocycles. The van der Waals surface area contributed by atoms with Gasteiger partial charge in [-0.1, -0.05) is 36.4 Å². The lowest BCUT2D eigenvalue weighted by molar-refractivity contribution is 0.995. The van der Waals surface area contributed by atoms with E-state index in [9.17, 15) is 0 Å². The fourth-order valence-corrected chi connectivity index (χ4v) is 2.64. The standard InChI is InChI=1S/C18H17N3/c1-19-17-11-16(13-7-8-13)20-18(21-17)15-9-6-12-4-2-3-5-14(12)10-15/h2-6,9-11,13H,7-8H2,1H3,(H,19,20,21). The van der Waals surface area contributed by atoms with E-state index in [0.29, 0.717) is 5.92 Å². The minimum atomic E-state index is 0.624. The number of nitrogens with zero attached hydrogens (tertiary/aromatic N) is 2. The SMILES string of the molecule is CNc1cc(C2CC2)nc(-c2ccc3ccccc3c2)n1. The van der Waals surface area contributed by atoms with Crippen molar-refractivity contribution in [2.24, 2.45) is 0 Å². The van der Waals surface area contributed by atoms with Crippen molar-refractivity contribution in [2.75, 3.05) is 12.4 Å². The fraction of sp³-hybridized carbons (Fsp3) is 0.222. The number of aromatic nitrogens is 2. The molecule has 4 rings (SSSR count). The molecular weight excluding hydrogens is 258 g/mol. The van der Waals surface area contributed by atoms with Crippen molar-refractivity contribution in [2.45, 2.75) is 18.8 Å². The molecule has 1 aliphatic rings. The van der Waals surface area contributed by atoms with E-state index in [1.165, 1.54) is 23.6 Å². The number of benzene rings is 2. The molecule has 0 bridgehead atoms. The average molecular weight is 275 g/mol. The molecule has 0 spiro atoms.